The Kier molecular flexibility index (Phi) is 3.48. The van der Waals surface area contributed by atoms with Gasteiger partial charge in [-0.2, -0.15) is 0 Å². The number of thioether (sulfide) groups is 1. The molecule has 0 saturated heterocycles. The molecule has 4 fully saturated rings. The van der Waals surface area contributed by atoms with Gasteiger partial charge in [0, 0.05) is 10.6 Å². The van der Waals surface area contributed by atoms with Gasteiger partial charge in [0.2, 0.25) is 0 Å². The number of nitrogen functional groups attached to an aromatic ring is 1. The molecule has 5 rings (SSSR count). The Hall–Kier alpha value is -0.630. The van der Waals surface area contributed by atoms with Gasteiger partial charge in [-0.15, -0.1) is 11.8 Å². The van der Waals surface area contributed by atoms with Crippen molar-refractivity contribution in [1.29, 1.82) is 0 Å². The molecule has 0 aromatic heterocycles. The Morgan fingerprint density at radius 3 is 2.33 bits per heavy atom. The summed E-state index contributed by atoms with van der Waals surface area (Å²) in [5.41, 5.74) is 9.10. The number of rotatable bonds is 4. The van der Waals surface area contributed by atoms with Crippen LogP contribution in [-0.2, 0) is 0 Å². The average Bonchev–Trinajstić information content (AvgIpc) is 2.41. The second kappa shape index (κ2) is 5.22. The topological polar surface area (TPSA) is 26.0 Å². The minimum absolute atomic E-state index is 0.709. The van der Waals surface area contributed by atoms with E-state index in [-0.39, 0.29) is 0 Å². The van der Waals surface area contributed by atoms with Crippen LogP contribution in [0, 0.1) is 30.1 Å². The van der Waals surface area contributed by atoms with E-state index in [1.165, 1.54) is 41.9 Å². The first-order chi connectivity index (χ1) is 10.1. The minimum atomic E-state index is 0.709. The lowest BCUT2D eigenvalue weighted by Gasteiger charge is -2.57. The SMILES string of the molecule is Cc1ccc(N)c(SCCC23CC4CC(CC(C4)C2)C3)c1. The third kappa shape index (κ3) is 2.72. The summed E-state index contributed by atoms with van der Waals surface area (Å²) in [6.45, 7) is 2.16. The molecule has 1 aromatic carbocycles. The van der Waals surface area contributed by atoms with Crippen LogP contribution < -0.4 is 5.73 Å². The van der Waals surface area contributed by atoms with Crippen LogP contribution in [0.3, 0.4) is 0 Å². The first-order valence-electron chi connectivity index (χ1n) is 8.61. The Bertz CT molecular complexity index is 501. The highest BCUT2D eigenvalue weighted by Crippen LogP contribution is 2.61. The molecule has 0 radical (unpaired) electrons. The maximum Gasteiger partial charge on any atom is 0.0452 e. The van der Waals surface area contributed by atoms with Gasteiger partial charge in [0.1, 0.15) is 0 Å². The molecular formula is C19H27NS. The molecule has 21 heavy (non-hydrogen) atoms. The summed E-state index contributed by atoms with van der Waals surface area (Å²) in [5.74, 6) is 4.47. The Morgan fingerprint density at radius 1 is 1.10 bits per heavy atom. The first-order valence-corrected chi connectivity index (χ1v) is 9.59. The Morgan fingerprint density at radius 2 is 1.71 bits per heavy atom. The van der Waals surface area contributed by atoms with E-state index in [0.717, 1.165) is 23.4 Å². The molecular weight excluding hydrogens is 274 g/mol. The summed E-state index contributed by atoms with van der Waals surface area (Å²) >= 11 is 1.99. The lowest BCUT2D eigenvalue weighted by atomic mass is 9.49. The smallest absolute Gasteiger partial charge is 0.0452 e. The second-order valence-corrected chi connectivity index (χ2v) is 9.19. The van der Waals surface area contributed by atoms with E-state index in [1.54, 1.807) is 19.3 Å². The fourth-order valence-electron chi connectivity index (χ4n) is 5.74. The molecule has 2 N–H and O–H groups in total. The van der Waals surface area contributed by atoms with Crippen molar-refractivity contribution in [3.8, 4) is 0 Å². The number of hydrogen-bond acceptors (Lipinski definition) is 2. The van der Waals surface area contributed by atoms with Crippen LogP contribution >= 0.6 is 11.8 Å². The molecule has 2 heteroatoms. The maximum atomic E-state index is 6.12. The van der Waals surface area contributed by atoms with Crippen LogP contribution in [0.25, 0.3) is 0 Å². The van der Waals surface area contributed by atoms with Gasteiger partial charge in [-0.05, 0) is 98.5 Å². The van der Waals surface area contributed by atoms with Gasteiger partial charge in [-0.25, -0.2) is 0 Å². The molecule has 114 valence electrons. The fraction of sp³-hybridized carbons (Fsp3) is 0.684. The molecule has 0 atom stereocenters. The number of hydrogen-bond donors (Lipinski definition) is 1. The summed E-state index contributed by atoms with van der Waals surface area (Å²) in [6.07, 6.45) is 10.7. The van der Waals surface area contributed by atoms with Crippen LogP contribution in [0.15, 0.2) is 23.1 Å². The normalized spacial score (nSPS) is 37.1. The summed E-state index contributed by atoms with van der Waals surface area (Å²) < 4.78 is 0. The van der Waals surface area contributed by atoms with Crippen molar-refractivity contribution in [1.82, 2.24) is 0 Å². The van der Waals surface area contributed by atoms with Gasteiger partial charge in [-0.3, -0.25) is 0 Å². The maximum absolute atomic E-state index is 6.12. The quantitative estimate of drug-likeness (QED) is 0.605. The molecule has 4 saturated carbocycles. The van der Waals surface area contributed by atoms with E-state index in [2.05, 4.69) is 25.1 Å². The van der Waals surface area contributed by atoms with E-state index < -0.39 is 0 Å². The predicted molar refractivity (Wildman–Crippen MR) is 91.5 cm³/mol. The molecule has 4 bridgehead atoms. The molecule has 4 aliphatic carbocycles. The molecule has 0 heterocycles. The predicted octanol–water partition coefficient (Wildman–Crippen LogP) is 5.28. The highest BCUT2D eigenvalue weighted by molar-refractivity contribution is 7.99. The second-order valence-electron chi connectivity index (χ2n) is 8.06. The van der Waals surface area contributed by atoms with Gasteiger partial charge < -0.3 is 5.73 Å². The summed E-state index contributed by atoms with van der Waals surface area (Å²) in [5, 5.41) is 0. The molecule has 1 nitrogen and oxygen atoms in total. The zero-order chi connectivity index (χ0) is 14.4. The van der Waals surface area contributed by atoms with Gasteiger partial charge in [-0.1, -0.05) is 6.07 Å². The fourth-order valence-corrected chi connectivity index (χ4v) is 7.00. The zero-order valence-corrected chi connectivity index (χ0v) is 13.9. The average molecular weight is 301 g/mol. The zero-order valence-electron chi connectivity index (χ0n) is 13.1. The molecule has 0 spiro atoms. The number of nitrogens with two attached hydrogens (primary N) is 1. The van der Waals surface area contributed by atoms with Gasteiger partial charge in [0.15, 0.2) is 0 Å². The van der Waals surface area contributed by atoms with E-state index in [0.29, 0.717) is 5.41 Å². The molecule has 4 aliphatic rings. The van der Waals surface area contributed by atoms with E-state index in [1.807, 2.05) is 11.8 Å². The number of benzene rings is 1. The van der Waals surface area contributed by atoms with Crippen molar-refractivity contribution >= 4 is 17.4 Å². The Balaban J connectivity index is 1.40. The van der Waals surface area contributed by atoms with Crippen molar-refractivity contribution in [2.45, 2.75) is 56.8 Å². The van der Waals surface area contributed by atoms with Gasteiger partial charge in [0.05, 0.1) is 0 Å². The summed E-state index contributed by atoms with van der Waals surface area (Å²) in [4.78, 5) is 1.29. The third-order valence-electron chi connectivity index (χ3n) is 6.22. The highest BCUT2D eigenvalue weighted by atomic mass is 32.2. The van der Waals surface area contributed by atoms with Crippen LogP contribution in [0.2, 0.25) is 0 Å². The number of aryl methyl sites for hydroxylation is 1. The molecule has 0 aliphatic heterocycles. The standard InChI is InChI=1S/C19H27NS/c1-13-2-3-17(20)18(6-13)21-5-4-19-10-14-7-15(11-19)9-16(8-14)12-19/h2-3,6,14-16H,4-5,7-12,20H2,1H3. The van der Waals surface area contributed by atoms with Crippen LogP contribution in [0.5, 0.6) is 0 Å². The van der Waals surface area contributed by atoms with Crippen LogP contribution in [0.1, 0.15) is 50.5 Å². The highest BCUT2D eigenvalue weighted by Gasteiger charge is 2.50. The van der Waals surface area contributed by atoms with Gasteiger partial charge in [0.25, 0.3) is 0 Å². The van der Waals surface area contributed by atoms with E-state index >= 15 is 0 Å². The third-order valence-corrected chi connectivity index (χ3v) is 7.30. The summed E-state index contributed by atoms with van der Waals surface area (Å²) in [7, 11) is 0. The van der Waals surface area contributed by atoms with E-state index in [9.17, 15) is 0 Å². The van der Waals surface area contributed by atoms with Crippen LogP contribution in [0.4, 0.5) is 5.69 Å². The van der Waals surface area contributed by atoms with Crippen LogP contribution in [-0.4, -0.2) is 5.75 Å². The lowest BCUT2D eigenvalue weighted by molar-refractivity contribution is -0.0538. The summed E-state index contributed by atoms with van der Waals surface area (Å²) in [6, 6.07) is 6.42. The monoisotopic (exact) mass is 301 g/mol. The Labute approximate surface area is 133 Å². The van der Waals surface area contributed by atoms with Crippen molar-refractivity contribution in [2.75, 3.05) is 11.5 Å². The first kappa shape index (κ1) is 14.0. The molecule has 1 aromatic rings. The number of anilines is 1. The van der Waals surface area contributed by atoms with Crippen molar-refractivity contribution in [3.63, 3.8) is 0 Å². The van der Waals surface area contributed by atoms with Crippen molar-refractivity contribution in [2.24, 2.45) is 23.2 Å². The molecule has 0 unspecified atom stereocenters. The van der Waals surface area contributed by atoms with E-state index in [4.69, 9.17) is 5.73 Å². The minimum Gasteiger partial charge on any atom is -0.398 e. The lowest BCUT2D eigenvalue weighted by Crippen LogP contribution is -2.46. The van der Waals surface area contributed by atoms with Crippen molar-refractivity contribution < 1.29 is 0 Å². The largest absolute Gasteiger partial charge is 0.398 e. The van der Waals surface area contributed by atoms with Crippen molar-refractivity contribution in [3.05, 3.63) is 23.8 Å². The molecule has 0 amide bonds. The van der Waals surface area contributed by atoms with Gasteiger partial charge >= 0.3 is 0 Å².